The summed E-state index contributed by atoms with van der Waals surface area (Å²) in [5.41, 5.74) is 9.11. The van der Waals surface area contributed by atoms with E-state index in [4.69, 9.17) is 5.53 Å². The Morgan fingerprint density at radius 3 is 2.94 bits per heavy atom. The van der Waals surface area contributed by atoms with Gasteiger partial charge < -0.3 is 15.2 Å². The van der Waals surface area contributed by atoms with Crippen molar-refractivity contribution in [2.45, 2.75) is 12.2 Å². The molecule has 2 aromatic rings. The molecule has 0 saturated carbocycles. The maximum absolute atomic E-state index is 13.0. The fraction of sp³-hybridized carbons (Fsp3) is 0.273. The molecule has 0 aliphatic heterocycles. The Kier molecular flexibility index (Phi) is 3.47. The monoisotopic (exact) mass is 250 g/mol. The maximum atomic E-state index is 13.0. The van der Waals surface area contributed by atoms with Crippen LogP contribution in [-0.2, 0) is 0 Å². The lowest BCUT2D eigenvalue weighted by Gasteiger charge is -2.15. The number of aliphatic hydroxyl groups is 2. The van der Waals surface area contributed by atoms with Gasteiger partial charge in [-0.2, -0.15) is 0 Å². The molecule has 1 aromatic carbocycles. The van der Waals surface area contributed by atoms with Crippen LogP contribution in [0.25, 0.3) is 21.3 Å². The number of aromatic amines is 1. The molecule has 94 valence electrons. The van der Waals surface area contributed by atoms with Gasteiger partial charge in [-0.15, -0.1) is 0 Å². The highest BCUT2D eigenvalue weighted by Crippen LogP contribution is 2.26. The van der Waals surface area contributed by atoms with Gasteiger partial charge in [0.05, 0.1) is 12.6 Å². The molecule has 1 heterocycles. The van der Waals surface area contributed by atoms with Crippen molar-refractivity contribution in [3.05, 3.63) is 46.2 Å². The minimum Gasteiger partial charge on any atom is -0.390 e. The lowest BCUT2D eigenvalue weighted by molar-refractivity contribution is 0.0253. The highest BCUT2D eigenvalue weighted by Gasteiger charge is 2.20. The molecule has 18 heavy (non-hydrogen) atoms. The zero-order valence-corrected chi connectivity index (χ0v) is 9.29. The van der Waals surface area contributed by atoms with Crippen LogP contribution in [0.1, 0.15) is 11.7 Å². The molecule has 0 spiro atoms. The van der Waals surface area contributed by atoms with E-state index >= 15 is 0 Å². The lowest BCUT2D eigenvalue weighted by atomic mass is 10.0. The molecule has 0 bridgehead atoms. The van der Waals surface area contributed by atoms with Crippen LogP contribution >= 0.6 is 0 Å². The summed E-state index contributed by atoms with van der Waals surface area (Å²) in [4.78, 5) is 5.32. The molecular weight excluding hydrogens is 239 g/mol. The molecule has 2 unspecified atom stereocenters. The van der Waals surface area contributed by atoms with Crippen LogP contribution in [0.4, 0.5) is 4.39 Å². The number of nitrogens with zero attached hydrogens (tertiary/aromatic N) is 3. The smallest absolute Gasteiger partial charge is 0.125 e. The lowest BCUT2D eigenvalue weighted by Crippen LogP contribution is -2.20. The maximum Gasteiger partial charge on any atom is 0.125 e. The Morgan fingerprint density at radius 2 is 2.22 bits per heavy atom. The normalized spacial score (nSPS) is 14.2. The van der Waals surface area contributed by atoms with E-state index < -0.39 is 12.2 Å². The summed E-state index contributed by atoms with van der Waals surface area (Å²) in [6, 6.07) is 4.08. The van der Waals surface area contributed by atoms with Crippen LogP contribution in [0.15, 0.2) is 29.5 Å². The number of nitrogens with one attached hydrogen (secondary N) is 1. The van der Waals surface area contributed by atoms with Crippen LogP contribution in [0, 0.1) is 5.82 Å². The van der Waals surface area contributed by atoms with Crippen LogP contribution in [0.2, 0.25) is 0 Å². The van der Waals surface area contributed by atoms with Crippen molar-refractivity contribution in [2.24, 2.45) is 5.11 Å². The Hall–Kier alpha value is -2.08. The number of fused-ring (bicyclic) bond motifs is 1. The molecule has 1 aromatic heterocycles. The first-order chi connectivity index (χ1) is 8.63. The van der Waals surface area contributed by atoms with E-state index in [1.54, 1.807) is 0 Å². The molecule has 0 radical (unpaired) electrons. The fourth-order valence-electron chi connectivity index (χ4n) is 1.79. The third-order valence-electron chi connectivity index (χ3n) is 2.69. The summed E-state index contributed by atoms with van der Waals surface area (Å²) in [5, 5.41) is 23.4. The summed E-state index contributed by atoms with van der Waals surface area (Å²) < 4.78 is 13.0. The number of hydrogen-bond donors (Lipinski definition) is 3. The van der Waals surface area contributed by atoms with Crippen molar-refractivity contribution < 1.29 is 14.6 Å². The number of hydrogen-bond acceptors (Lipinski definition) is 3. The van der Waals surface area contributed by atoms with Gasteiger partial charge in [-0.3, -0.25) is 0 Å². The van der Waals surface area contributed by atoms with Crippen molar-refractivity contribution in [1.82, 2.24) is 4.98 Å². The van der Waals surface area contributed by atoms with E-state index in [2.05, 4.69) is 15.0 Å². The molecule has 0 amide bonds. The van der Waals surface area contributed by atoms with E-state index in [9.17, 15) is 14.6 Å². The van der Waals surface area contributed by atoms with Crippen molar-refractivity contribution >= 4 is 10.9 Å². The predicted molar refractivity (Wildman–Crippen MR) is 63.2 cm³/mol. The third kappa shape index (κ3) is 2.28. The molecule has 0 aliphatic rings. The summed E-state index contributed by atoms with van der Waals surface area (Å²) >= 11 is 0. The van der Waals surface area contributed by atoms with Crippen LogP contribution < -0.4 is 0 Å². The van der Waals surface area contributed by atoms with Gasteiger partial charge >= 0.3 is 0 Å². The Morgan fingerprint density at radius 1 is 1.44 bits per heavy atom. The van der Waals surface area contributed by atoms with Crippen molar-refractivity contribution in [3.63, 3.8) is 0 Å². The number of H-pyrrole nitrogens is 1. The van der Waals surface area contributed by atoms with Gasteiger partial charge in [0.25, 0.3) is 0 Å². The van der Waals surface area contributed by atoms with Crippen LogP contribution in [0.5, 0.6) is 0 Å². The Balaban J connectivity index is 2.33. The van der Waals surface area contributed by atoms with E-state index in [0.717, 1.165) is 0 Å². The first kappa shape index (κ1) is 12.4. The molecule has 0 saturated heterocycles. The fourth-order valence-corrected chi connectivity index (χ4v) is 1.79. The summed E-state index contributed by atoms with van der Waals surface area (Å²) in [7, 11) is 0. The van der Waals surface area contributed by atoms with E-state index in [1.807, 2.05) is 0 Å². The van der Waals surface area contributed by atoms with Crippen molar-refractivity contribution in [1.29, 1.82) is 0 Å². The van der Waals surface area contributed by atoms with E-state index in [0.29, 0.717) is 16.5 Å². The third-order valence-corrected chi connectivity index (χ3v) is 2.69. The second kappa shape index (κ2) is 5.05. The minimum absolute atomic E-state index is 0.231. The average molecular weight is 250 g/mol. The van der Waals surface area contributed by atoms with Gasteiger partial charge in [0.1, 0.15) is 11.9 Å². The van der Waals surface area contributed by atoms with Gasteiger partial charge in [-0.25, -0.2) is 4.39 Å². The Labute approximate surface area is 101 Å². The SMILES string of the molecule is [N-]=[N+]=NCC(O)C(O)c1c[nH]c2cc(F)ccc12. The highest BCUT2D eigenvalue weighted by molar-refractivity contribution is 5.83. The van der Waals surface area contributed by atoms with Gasteiger partial charge in [-0.05, 0) is 23.7 Å². The van der Waals surface area contributed by atoms with Crippen molar-refractivity contribution in [3.8, 4) is 0 Å². The zero-order valence-electron chi connectivity index (χ0n) is 9.29. The summed E-state index contributed by atoms with van der Waals surface area (Å²) in [6.07, 6.45) is -0.909. The van der Waals surface area contributed by atoms with Crippen LogP contribution in [0.3, 0.4) is 0 Å². The summed E-state index contributed by atoms with van der Waals surface area (Å²) in [6.45, 7) is -0.231. The second-order valence-corrected chi connectivity index (χ2v) is 3.86. The number of aromatic nitrogens is 1. The Bertz CT molecular complexity index is 606. The van der Waals surface area contributed by atoms with Gasteiger partial charge in [0.2, 0.25) is 0 Å². The van der Waals surface area contributed by atoms with Gasteiger partial charge in [0, 0.05) is 27.6 Å². The molecular formula is C11H11FN4O2. The molecule has 0 aliphatic carbocycles. The number of benzene rings is 1. The second-order valence-electron chi connectivity index (χ2n) is 3.86. The van der Waals surface area contributed by atoms with Crippen molar-refractivity contribution in [2.75, 3.05) is 6.54 Å². The molecule has 2 rings (SSSR count). The van der Waals surface area contributed by atoms with E-state index in [-0.39, 0.29) is 12.4 Å². The topological polar surface area (TPSA) is 105 Å². The highest BCUT2D eigenvalue weighted by atomic mass is 19.1. The summed E-state index contributed by atoms with van der Waals surface area (Å²) in [5.74, 6) is -0.389. The molecule has 2 atom stereocenters. The first-order valence-corrected chi connectivity index (χ1v) is 5.27. The van der Waals surface area contributed by atoms with Crippen LogP contribution in [-0.4, -0.2) is 27.8 Å². The number of rotatable bonds is 4. The number of aliphatic hydroxyl groups excluding tert-OH is 2. The quantitative estimate of drug-likeness (QED) is 0.438. The molecule has 6 nitrogen and oxygen atoms in total. The number of halogens is 1. The molecule has 0 fully saturated rings. The van der Waals surface area contributed by atoms with Gasteiger partial charge in [-0.1, -0.05) is 5.11 Å². The predicted octanol–water partition coefficient (Wildman–Crippen LogP) is 2.01. The minimum atomic E-state index is -1.20. The largest absolute Gasteiger partial charge is 0.390 e. The standard InChI is InChI=1S/C11H11FN4O2/c12-6-1-2-7-8(4-14-9(7)3-6)11(18)10(17)5-15-16-13/h1-4,10-11,14,17-18H,5H2. The first-order valence-electron chi connectivity index (χ1n) is 5.27. The zero-order chi connectivity index (χ0) is 13.1. The average Bonchev–Trinajstić information content (AvgIpc) is 2.77. The van der Waals surface area contributed by atoms with E-state index in [1.165, 1.54) is 24.4 Å². The molecule has 3 N–H and O–H groups in total. The molecule has 7 heteroatoms. The number of azide groups is 1. The van der Waals surface area contributed by atoms with Gasteiger partial charge in [0.15, 0.2) is 0 Å².